The number of halogens is 2. The number of hydrogen-bond acceptors (Lipinski definition) is 3. The number of carbonyl (C=O) groups excluding carboxylic acids is 2. The number of aliphatic hydroxyl groups excluding tert-OH is 1. The largest absolute Gasteiger partial charge is 0.400 e. The fourth-order valence-electron chi connectivity index (χ4n) is 0. The van der Waals surface area contributed by atoms with Crippen molar-refractivity contribution in [2.24, 2.45) is 0 Å². The van der Waals surface area contributed by atoms with Gasteiger partial charge in [0, 0.05) is 7.11 Å². The summed E-state index contributed by atoms with van der Waals surface area (Å²) in [6, 6.07) is 0. The molecule has 0 spiro atoms. The predicted octanol–water partition coefficient (Wildman–Crippen LogP) is 0.126. The smallest absolute Gasteiger partial charge is 0.304 e. The molecule has 0 aliphatic heterocycles. The highest BCUT2D eigenvalue weighted by molar-refractivity contribution is 6.97. The third-order valence-corrected chi connectivity index (χ3v) is 0.595. The summed E-state index contributed by atoms with van der Waals surface area (Å²) in [4.78, 5) is 18.9. The SMILES string of the molecule is CO.O=C(Cl)C(=O)Cl. The maximum atomic E-state index is 9.43. The molecule has 0 heterocycles. The zero-order valence-corrected chi connectivity index (χ0v) is 5.53. The van der Waals surface area contributed by atoms with E-state index in [1.807, 2.05) is 0 Å². The van der Waals surface area contributed by atoms with Gasteiger partial charge in [-0.2, -0.15) is 0 Å². The van der Waals surface area contributed by atoms with Gasteiger partial charge >= 0.3 is 10.5 Å². The molecule has 0 aliphatic carbocycles. The first kappa shape index (κ1) is 10.8. The average Bonchev–Trinajstić information content (AvgIpc) is 1.72. The topological polar surface area (TPSA) is 54.4 Å². The van der Waals surface area contributed by atoms with E-state index in [-0.39, 0.29) is 0 Å². The van der Waals surface area contributed by atoms with E-state index >= 15 is 0 Å². The lowest BCUT2D eigenvalue weighted by molar-refractivity contribution is -0.127. The molecule has 0 unspecified atom stereocenters. The van der Waals surface area contributed by atoms with Crippen molar-refractivity contribution in [3.05, 3.63) is 0 Å². The second-order valence-corrected chi connectivity index (χ2v) is 1.23. The lowest BCUT2D eigenvalue weighted by Gasteiger charge is -1.67. The monoisotopic (exact) mass is 158 g/mol. The van der Waals surface area contributed by atoms with Crippen LogP contribution in [0.25, 0.3) is 0 Å². The maximum Gasteiger partial charge on any atom is 0.304 e. The summed E-state index contributed by atoms with van der Waals surface area (Å²) in [7, 11) is 1.00. The summed E-state index contributed by atoms with van der Waals surface area (Å²) in [5, 5.41) is 4.72. The molecule has 0 rings (SSSR count). The van der Waals surface area contributed by atoms with Gasteiger partial charge in [-0.3, -0.25) is 9.59 Å². The fraction of sp³-hybridized carbons (Fsp3) is 0.333. The van der Waals surface area contributed by atoms with E-state index in [0.717, 1.165) is 7.11 Å². The molecule has 48 valence electrons. The normalized spacial score (nSPS) is 6.50. The van der Waals surface area contributed by atoms with Gasteiger partial charge in [0.05, 0.1) is 0 Å². The van der Waals surface area contributed by atoms with Gasteiger partial charge in [-0.15, -0.1) is 0 Å². The Hall–Kier alpha value is -0.120. The van der Waals surface area contributed by atoms with Gasteiger partial charge in [0.25, 0.3) is 0 Å². The van der Waals surface area contributed by atoms with Gasteiger partial charge in [0.15, 0.2) is 0 Å². The lowest BCUT2D eigenvalue weighted by atomic mass is 10.9. The molecule has 8 heavy (non-hydrogen) atoms. The quantitative estimate of drug-likeness (QED) is 0.436. The van der Waals surface area contributed by atoms with Crippen LogP contribution in [0.1, 0.15) is 0 Å². The second-order valence-electron chi connectivity index (χ2n) is 0.547. The molecule has 0 fully saturated rings. The summed E-state index contributed by atoms with van der Waals surface area (Å²) in [6.45, 7) is 0. The van der Waals surface area contributed by atoms with Gasteiger partial charge in [0.2, 0.25) is 0 Å². The molecule has 0 atom stereocenters. The first-order chi connectivity index (χ1) is 3.64. The van der Waals surface area contributed by atoms with Crippen molar-refractivity contribution in [3.63, 3.8) is 0 Å². The highest BCUT2D eigenvalue weighted by atomic mass is 35.5. The molecule has 3 nitrogen and oxygen atoms in total. The van der Waals surface area contributed by atoms with Crippen LogP contribution in [0.15, 0.2) is 0 Å². The van der Waals surface area contributed by atoms with Crippen LogP contribution < -0.4 is 0 Å². The van der Waals surface area contributed by atoms with Crippen molar-refractivity contribution in [3.8, 4) is 0 Å². The first-order valence-electron chi connectivity index (χ1n) is 1.48. The Morgan fingerprint density at radius 1 is 1.12 bits per heavy atom. The lowest BCUT2D eigenvalue weighted by Crippen LogP contribution is -1.94. The molecule has 0 radical (unpaired) electrons. The highest BCUT2D eigenvalue weighted by Crippen LogP contribution is 1.84. The number of carbonyl (C=O) groups is 2. The van der Waals surface area contributed by atoms with Crippen molar-refractivity contribution < 1.29 is 14.7 Å². The third-order valence-electron chi connectivity index (χ3n) is 0.155. The van der Waals surface area contributed by atoms with Crippen LogP contribution in [0, 0.1) is 0 Å². The minimum Gasteiger partial charge on any atom is -0.400 e. The number of hydrogen-bond donors (Lipinski definition) is 1. The van der Waals surface area contributed by atoms with Crippen LogP contribution in [-0.4, -0.2) is 22.7 Å². The molecule has 0 aromatic heterocycles. The van der Waals surface area contributed by atoms with E-state index in [1.54, 1.807) is 0 Å². The van der Waals surface area contributed by atoms with Crippen molar-refractivity contribution >= 4 is 33.7 Å². The zero-order valence-electron chi connectivity index (χ0n) is 4.02. The van der Waals surface area contributed by atoms with E-state index in [0.29, 0.717) is 0 Å². The van der Waals surface area contributed by atoms with E-state index in [1.165, 1.54) is 0 Å². The summed E-state index contributed by atoms with van der Waals surface area (Å²) < 4.78 is 0. The van der Waals surface area contributed by atoms with E-state index in [2.05, 4.69) is 23.2 Å². The standard InChI is InChI=1S/C2Cl2O2.CH4O/c3-1(5)2(4)6;1-2/h;2H,1H3. The molecule has 0 aromatic carbocycles. The fourth-order valence-corrected chi connectivity index (χ4v) is 0. The molecular weight excluding hydrogens is 155 g/mol. The van der Waals surface area contributed by atoms with Crippen LogP contribution in [-0.2, 0) is 9.59 Å². The molecule has 0 bridgehead atoms. The second kappa shape index (κ2) is 6.88. The minimum absolute atomic E-state index is 1.00. The molecule has 0 saturated carbocycles. The van der Waals surface area contributed by atoms with Gasteiger partial charge in [0.1, 0.15) is 0 Å². The van der Waals surface area contributed by atoms with Gasteiger partial charge in [-0.25, -0.2) is 0 Å². The molecule has 0 saturated heterocycles. The van der Waals surface area contributed by atoms with Gasteiger partial charge in [-0.05, 0) is 23.2 Å². The van der Waals surface area contributed by atoms with Crippen LogP contribution in [0.3, 0.4) is 0 Å². The Bertz CT molecular complexity index is 78.5. The van der Waals surface area contributed by atoms with Gasteiger partial charge < -0.3 is 5.11 Å². The molecule has 0 aromatic rings. The summed E-state index contributed by atoms with van der Waals surface area (Å²) in [5.74, 6) is 0. The van der Waals surface area contributed by atoms with Crippen molar-refractivity contribution in [1.29, 1.82) is 0 Å². The van der Waals surface area contributed by atoms with Crippen LogP contribution >= 0.6 is 23.2 Å². The van der Waals surface area contributed by atoms with E-state index < -0.39 is 10.5 Å². The Morgan fingerprint density at radius 2 is 1.25 bits per heavy atom. The number of aliphatic hydroxyl groups is 1. The third kappa shape index (κ3) is 9.30. The van der Waals surface area contributed by atoms with Crippen LogP contribution in [0.4, 0.5) is 0 Å². The average molecular weight is 159 g/mol. The Morgan fingerprint density at radius 3 is 1.25 bits per heavy atom. The van der Waals surface area contributed by atoms with E-state index in [4.69, 9.17) is 5.11 Å². The van der Waals surface area contributed by atoms with Crippen molar-refractivity contribution in [2.45, 2.75) is 0 Å². The summed E-state index contributed by atoms with van der Waals surface area (Å²) >= 11 is 8.98. The van der Waals surface area contributed by atoms with Crippen molar-refractivity contribution in [2.75, 3.05) is 7.11 Å². The zero-order chi connectivity index (χ0) is 7.15. The molecule has 0 amide bonds. The molecule has 5 heteroatoms. The Labute approximate surface area is 56.2 Å². The van der Waals surface area contributed by atoms with Gasteiger partial charge in [-0.1, -0.05) is 0 Å². The Kier molecular flexibility index (Phi) is 9.28. The molecule has 1 N–H and O–H groups in total. The minimum atomic E-state index is -1.14. The first-order valence-corrected chi connectivity index (χ1v) is 2.24. The van der Waals surface area contributed by atoms with E-state index in [9.17, 15) is 9.59 Å². The molecule has 0 aliphatic rings. The molecular formula is C3H4Cl2O3. The van der Waals surface area contributed by atoms with Crippen LogP contribution in [0.5, 0.6) is 0 Å². The summed E-state index contributed by atoms with van der Waals surface area (Å²) in [5.41, 5.74) is 0. The van der Waals surface area contributed by atoms with Crippen LogP contribution in [0.2, 0.25) is 0 Å². The van der Waals surface area contributed by atoms with Crippen molar-refractivity contribution in [1.82, 2.24) is 0 Å². The summed E-state index contributed by atoms with van der Waals surface area (Å²) in [6.07, 6.45) is 0. The Balaban J connectivity index is 0. The highest BCUT2D eigenvalue weighted by Gasteiger charge is 2.01. The predicted molar refractivity (Wildman–Crippen MR) is 29.9 cm³/mol. The maximum absolute atomic E-state index is 9.43. The number of rotatable bonds is 1.